The van der Waals surface area contributed by atoms with Crippen LogP contribution in [0.2, 0.25) is 0 Å². The first-order valence-electron chi connectivity index (χ1n) is 6.47. The number of carbonyl (C=O) groups excluding carboxylic acids is 1. The molecule has 0 heterocycles. The number of nitrogens with one attached hydrogen (secondary N) is 1. The first-order valence-corrected chi connectivity index (χ1v) is 6.47. The van der Waals surface area contributed by atoms with Gasteiger partial charge >= 0.3 is 0 Å². The van der Waals surface area contributed by atoms with E-state index in [-0.39, 0.29) is 17.6 Å². The summed E-state index contributed by atoms with van der Waals surface area (Å²) in [6.45, 7) is 0.406. The van der Waals surface area contributed by atoms with Gasteiger partial charge in [0.25, 0.3) is 0 Å². The Bertz CT molecular complexity index is 495. The number of carbonyl (C=O) groups is 1. The molecule has 1 aromatic carbocycles. The molecular weight excluding hydrogens is 226 g/mol. The maximum atomic E-state index is 12.1. The predicted octanol–water partition coefficient (Wildman–Crippen LogP) is 2.22. The van der Waals surface area contributed by atoms with Gasteiger partial charge in [-0.1, -0.05) is 30.4 Å². The molecule has 0 aliphatic heterocycles. The summed E-state index contributed by atoms with van der Waals surface area (Å²) in [5.74, 6) is 1.53. The molecule has 3 rings (SSSR count). The van der Waals surface area contributed by atoms with E-state index in [0.717, 1.165) is 18.4 Å². The fraction of sp³-hybridized carbons (Fsp3) is 0.400. The summed E-state index contributed by atoms with van der Waals surface area (Å²) < 4.78 is 0. The zero-order valence-electron chi connectivity index (χ0n) is 10.2. The van der Waals surface area contributed by atoms with Crippen molar-refractivity contribution in [1.82, 2.24) is 5.32 Å². The topological polar surface area (TPSA) is 49.3 Å². The van der Waals surface area contributed by atoms with Crippen LogP contribution in [0.5, 0.6) is 5.75 Å². The molecule has 3 nitrogen and oxygen atoms in total. The quantitative estimate of drug-likeness (QED) is 0.800. The Labute approximate surface area is 107 Å². The Balaban J connectivity index is 1.59. The van der Waals surface area contributed by atoms with Crippen LogP contribution in [0.15, 0.2) is 36.4 Å². The lowest BCUT2D eigenvalue weighted by Crippen LogP contribution is -2.32. The van der Waals surface area contributed by atoms with E-state index in [0.29, 0.717) is 18.4 Å². The minimum absolute atomic E-state index is 0.120. The Hall–Kier alpha value is -1.77. The van der Waals surface area contributed by atoms with Crippen molar-refractivity contribution >= 4 is 5.91 Å². The largest absolute Gasteiger partial charge is 0.508 e. The second-order valence-corrected chi connectivity index (χ2v) is 5.23. The van der Waals surface area contributed by atoms with Crippen LogP contribution < -0.4 is 5.32 Å². The highest BCUT2D eigenvalue weighted by molar-refractivity contribution is 5.80. The fourth-order valence-electron chi connectivity index (χ4n) is 3.06. The molecule has 0 saturated heterocycles. The molecule has 1 amide bonds. The van der Waals surface area contributed by atoms with E-state index in [1.165, 1.54) is 0 Å². The molecule has 3 atom stereocenters. The van der Waals surface area contributed by atoms with Gasteiger partial charge in [0.15, 0.2) is 0 Å². The number of rotatable bonds is 3. The van der Waals surface area contributed by atoms with Crippen molar-refractivity contribution in [3.63, 3.8) is 0 Å². The molecule has 18 heavy (non-hydrogen) atoms. The van der Waals surface area contributed by atoms with E-state index in [1.807, 2.05) is 12.1 Å². The second-order valence-electron chi connectivity index (χ2n) is 5.23. The second kappa shape index (κ2) is 4.48. The summed E-state index contributed by atoms with van der Waals surface area (Å²) >= 11 is 0. The minimum Gasteiger partial charge on any atom is -0.508 e. The third-order valence-corrected chi connectivity index (χ3v) is 4.06. The SMILES string of the molecule is O=C(NCc1ccccc1O)C1CC2C=CC1C2. The highest BCUT2D eigenvalue weighted by Crippen LogP contribution is 2.43. The van der Waals surface area contributed by atoms with Crippen LogP contribution in [-0.2, 0) is 11.3 Å². The summed E-state index contributed by atoms with van der Waals surface area (Å²) in [5.41, 5.74) is 0.768. The predicted molar refractivity (Wildman–Crippen MR) is 68.8 cm³/mol. The summed E-state index contributed by atoms with van der Waals surface area (Å²) in [6, 6.07) is 7.11. The van der Waals surface area contributed by atoms with Crippen LogP contribution >= 0.6 is 0 Å². The molecule has 2 aliphatic rings. The normalized spacial score (nSPS) is 28.6. The summed E-state index contributed by atoms with van der Waals surface area (Å²) in [7, 11) is 0. The lowest BCUT2D eigenvalue weighted by molar-refractivity contribution is -0.125. The van der Waals surface area contributed by atoms with E-state index in [4.69, 9.17) is 0 Å². The lowest BCUT2D eigenvalue weighted by Gasteiger charge is -2.17. The minimum atomic E-state index is 0.120. The van der Waals surface area contributed by atoms with Crippen molar-refractivity contribution in [2.24, 2.45) is 17.8 Å². The summed E-state index contributed by atoms with van der Waals surface area (Å²) in [6.07, 6.45) is 6.53. The van der Waals surface area contributed by atoms with E-state index in [9.17, 15) is 9.90 Å². The number of hydrogen-bond donors (Lipinski definition) is 2. The Morgan fingerprint density at radius 2 is 2.11 bits per heavy atom. The number of phenolic OH excluding ortho intramolecular Hbond substituents is 1. The van der Waals surface area contributed by atoms with E-state index < -0.39 is 0 Å². The molecule has 94 valence electrons. The van der Waals surface area contributed by atoms with Crippen LogP contribution in [0.4, 0.5) is 0 Å². The highest BCUT2D eigenvalue weighted by Gasteiger charge is 2.39. The van der Waals surface area contributed by atoms with E-state index in [2.05, 4.69) is 17.5 Å². The number of para-hydroxylation sites is 1. The maximum absolute atomic E-state index is 12.1. The molecule has 1 fully saturated rings. The van der Waals surface area contributed by atoms with Crippen molar-refractivity contribution in [2.45, 2.75) is 19.4 Å². The van der Waals surface area contributed by atoms with E-state index in [1.54, 1.807) is 12.1 Å². The van der Waals surface area contributed by atoms with Gasteiger partial charge in [0.1, 0.15) is 5.75 Å². The first-order chi connectivity index (χ1) is 8.74. The Kier molecular flexibility index (Phi) is 2.82. The molecule has 2 bridgehead atoms. The highest BCUT2D eigenvalue weighted by atomic mass is 16.3. The van der Waals surface area contributed by atoms with Gasteiger partial charge in [0, 0.05) is 18.0 Å². The van der Waals surface area contributed by atoms with Crippen molar-refractivity contribution in [3.8, 4) is 5.75 Å². The van der Waals surface area contributed by atoms with Crippen molar-refractivity contribution in [2.75, 3.05) is 0 Å². The zero-order valence-corrected chi connectivity index (χ0v) is 10.2. The van der Waals surface area contributed by atoms with Gasteiger partial charge in [0.2, 0.25) is 5.91 Å². The van der Waals surface area contributed by atoms with Crippen molar-refractivity contribution in [3.05, 3.63) is 42.0 Å². The number of amides is 1. The average molecular weight is 243 g/mol. The van der Waals surface area contributed by atoms with Crippen LogP contribution in [0, 0.1) is 17.8 Å². The van der Waals surface area contributed by atoms with Crippen LogP contribution in [-0.4, -0.2) is 11.0 Å². The molecule has 1 aromatic rings. The zero-order chi connectivity index (χ0) is 12.5. The number of allylic oxidation sites excluding steroid dienone is 2. The van der Waals surface area contributed by atoms with Gasteiger partial charge in [-0.3, -0.25) is 4.79 Å². The smallest absolute Gasteiger partial charge is 0.223 e. The number of hydrogen-bond acceptors (Lipinski definition) is 2. The molecule has 1 saturated carbocycles. The van der Waals surface area contributed by atoms with Gasteiger partial charge in [0.05, 0.1) is 0 Å². The molecule has 0 radical (unpaired) electrons. The summed E-state index contributed by atoms with van der Waals surface area (Å²) in [4.78, 5) is 12.1. The monoisotopic (exact) mass is 243 g/mol. The van der Waals surface area contributed by atoms with Crippen LogP contribution in [0.1, 0.15) is 18.4 Å². The van der Waals surface area contributed by atoms with Crippen molar-refractivity contribution < 1.29 is 9.90 Å². The van der Waals surface area contributed by atoms with Crippen LogP contribution in [0.25, 0.3) is 0 Å². The van der Waals surface area contributed by atoms with E-state index >= 15 is 0 Å². The van der Waals surface area contributed by atoms with Gasteiger partial charge < -0.3 is 10.4 Å². The lowest BCUT2D eigenvalue weighted by atomic mass is 9.93. The Morgan fingerprint density at radius 1 is 1.28 bits per heavy atom. The molecule has 2 N–H and O–H groups in total. The van der Waals surface area contributed by atoms with Gasteiger partial charge in [-0.05, 0) is 30.7 Å². The fourth-order valence-corrected chi connectivity index (χ4v) is 3.06. The molecule has 3 unspecified atom stereocenters. The Morgan fingerprint density at radius 3 is 2.78 bits per heavy atom. The number of phenols is 1. The third-order valence-electron chi connectivity index (χ3n) is 4.06. The molecule has 0 aromatic heterocycles. The number of fused-ring (bicyclic) bond motifs is 2. The number of benzene rings is 1. The maximum Gasteiger partial charge on any atom is 0.223 e. The van der Waals surface area contributed by atoms with Crippen LogP contribution in [0.3, 0.4) is 0 Å². The summed E-state index contributed by atoms with van der Waals surface area (Å²) in [5, 5.41) is 12.6. The van der Waals surface area contributed by atoms with Gasteiger partial charge in [-0.15, -0.1) is 0 Å². The molecule has 3 heteroatoms. The van der Waals surface area contributed by atoms with Gasteiger partial charge in [-0.25, -0.2) is 0 Å². The first kappa shape index (κ1) is 11.3. The molecule has 0 spiro atoms. The van der Waals surface area contributed by atoms with Crippen molar-refractivity contribution in [1.29, 1.82) is 0 Å². The molecular formula is C15H17NO2. The average Bonchev–Trinajstić information content (AvgIpc) is 2.99. The molecule has 2 aliphatic carbocycles. The third kappa shape index (κ3) is 2.01. The standard InChI is InChI=1S/C15H17NO2/c17-14-4-2-1-3-12(14)9-16-15(18)13-8-10-5-6-11(13)7-10/h1-6,10-11,13,17H,7-9H2,(H,16,18). The number of aromatic hydroxyl groups is 1. The van der Waals surface area contributed by atoms with Gasteiger partial charge in [-0.2, -0.15) is 0 Å².